The van der Waals surface area contributed by atoms with Gasteiger partial charge in [0.15, 0.2) is 0 Å². The average Bonchev–Trinajstić information content (AvgIpc) is 2.81. The van der Waals surface area contributed by atoms with E-state index in [0.717, 1.165) is 19.3 Å². The summed E-state index contributed by atoms with van der Waals surface area (Å²) in [7, 11) is 0. The summed E-state index contributed by atoms with van der Waals surface area (Å²) in [5.41, 5.74) is 0.0612. The molecule has 4 saturated carbocycles. The number of aliphatic hydroxyl groups is 1. The average molecular weight is 304 g/mol. The molecule has 4 rings (SSSR count). The third kappa shape index (κ3) is 1.84. The van der Waals surface area contributed by atoms with Gasteiger partial charge in [-0.25, -0.2) is 0 Å². The zero-order valence-electron chi connectivity index (χ0n) is 13.8. The maximum atomic E-state index is 13.1. The Bertz CT molecular complexity index is 527. The maximum Gasteiger partial charge on any atom is 0.137 e. The minimum Gasteiger partial charge on any atom is -0.393 e. The highest BCUT2D eigenvalue weighted by Crippen LogP contribution is 2.64. The number of carbonyl (C=O) groups excluding carboxylic acids is 2. The molecule has 3 heteroatoms. The predicted octanol–water partition coefficient (Wildman–Crippen LogP) is 3.14. The molecule has 0 amide bonds. The lowest BCUT2D eigenvalue weighted by Gasteiger charge is -2.60. The molecule has 0 bridgehead atoms. The Kier molecular flexibility index (Phi) is 3.15. The third-order valence-corrected chi connectivity index (χ3v) is 7.96. The SMILES string of the molecule is CC12CCCC1C1C(O)C[C@H]3CC(=O)CCC3(C)C1C(=O)C2. The molecule has 4 aliphatic rings. The quantitative estimate of drug-likeness (QED) is 0.748. The van der Waals surface area contributed by atoms with E-state index in [1.165, 1.54) is 12.8 Å². The molecule has 0 aromatic heterocycles. The van der Waals surface area contributed by atoms with E-state index in [2.05, 4.69) is 13.8 Å². The number of Topliss-reactive ketones (excluding diaryl/α,β-unsaturated/α-hetero) is 2. The summed E-state index contributed by atoms with van der Waals surface area (Å²) in [5.74, 6) is 1.54. The molecule has 0 aromatic carbocycles. The van der Waals surface area contributed by atoms with Gasteiger partial charge in [-0.2, -0.15) is 0 Å². The fraction of sp³-hybridized carbons (Fsp3) is 0.895. The van der Waals surface area contributed by atoms with Crippen LogP contribution in [-0.2, 0) is 9.59 Å². The largest absolute Gasteiger partial charge is 0.393 e. The van der Waals surface area contributed by atoms with E-state index in [-0.39, 0.29) is 34.7 Å². The normalized spacial score (nSPS) is 54.6. The molecule has 0 aliphatic heterocycles. The van der Waals surface area contributed by atoms with E-state index in [9.17, 15) is 14.7 Å². The zero-order valence-corrected chi connectivity index (χ0v) is 13.8. The Morgan fingerprint density at radius 2 is 1.95 bits per heavy atom. The number of hydrogen-bond donors (Lipinski definition) is 1. The first kappa shape index (κ1) is 14.9. The number of ketones is 2. The summed E-state index contributed by atoms with van der Waals surface area (Å²) in [6.45, 7) is 4.51. The molecule has 122 valence electrons. The van der Waals surface area contributed by atoms with E-state index in [1.54, 1.807) is 0 Å². The third-order valence-electron chi connectivity index (χ3n) is 7.96. The van der Waals surface area contributed by atoms with Crippen molar-refractivity contribution >= 4 is 11.6 Å². The van der Waals surface area contributed by atoms with E-state index in [0.29, 0.717) is 36.7 Å². The monoisotopic (exact) mass is 304 g/mol. The van der Waals surface area contributed by atoms with Crippen LogP contribution in [0, 0.1) is 34.5 Å². The second-order valence-corrected chi connectivity index (χ2v) is 9.10. The summed E-state index contributed by atoms with van der Waals surface area (Å²) in [6.07, 6.45) is 6.58. The van der Waals surface area contributed by atoms with Crippen molar-refractivity contribution in [1.29, 1.82) is 0 Å². The molecule has 3 nitrogen and oxygen atoms in total. The van der Waals surface area contributed by atoms with Gasteiger partial charge < -0.3 is 5.11 Å². The molecule has 1 N–H and O–H groups in total. The zero-order chi connectivity index (χ0) is 15.7. The number of carbonyl (C=O) groups is 2. The van der Waals surface area contributed by atoms with Crippen LogP contribution in [0.5, 0.6) is 0 Å². The van der Waals surface area contributed by atoms with Crippen molar-refractivity contribution in [3.8, 4) is 0 Å². The Hall–Kier alpha value is -0.700. The Morgan fingerprint density at radius 1 is 1.18 bits per heavy atom. The van der Waals surface area contributed by atoms with E-state index in [4.69, 9.17) is 0 Å². The van der Waals surface area contributed by atoms with Crippen molar-refractivity contribution in [2.45, 2.75) is 71.3 Å². The van der Waals surface area contributed by atoms with Crippen molar-refractivity contribution < 1.29 is 14.7 Å². The summed E-state index contributed by atoms with van der Waals surface area (Å²) in [4.78, 5) is 24.9. The summed E-state index contributed by atoms with van der Waals surface area (Å²) < 4.78 is 0. The van der Waals surface area contributed by atoms with Gasteiger partial charge in [0.2, 0.25) is 0 Å². The molecule has 0 heterocycles. The molecule has 4 fully saturated rings. The highest BCUT2D eigenvalue weighted by molar-refractivity contribution is 5.85. The minimum absolute atomic E-state index is 0.00877. The molecule has 22 heavy (non-hydrogen) atoms. The van der Waals surface area contributed by atoms with Crippen LogP contribution in [0.15, 0.2) is 0 Å². The van der Waals surface area contributed by atoms with Crippen LogP contribution >= 0.6 is 0 Å². The standard InChI is InChI=1S/C19H28O3/c1-18-6-3-4-13(18)16-14(21)9-11-8-12(20)5-7-19(11,2)17(16)15(22)10-18/h11,13-14,16-17,21H,3-10H2,1-2H3/t11-,13?,14?,16?,17?,18?,19?/m1/s1. The fourth-order valence-electron chi connectivity index (χ4n) is 6.82. The van der Waals surface area contributed by atoms with Crippen LogP contribution in [-0.4, -0.2) is 22.8 Å². The number of aliphatic hydroxyl groups excluding tert-OH is 1. The van der Waals surface area contributed by atoms with Gasteiger partial charge in [0.25, 0.3) is 0 Å². The molecule has 0 saturated heterocycles. The first-order valence-electron chi connectivity index (χ1n) is 9.08. The van der Waals surface area contributed by atoms with Crippen LogP contribution < -0.4 is 0 Å². The van der Waals surface area contributed by atoms with Crippen LogP contribution in [0.4, 0.5) is 0 Å². The van der Waals surface area contributed by atoms with Gasteiger partial charge in [-0.05, 0) is 54.3 Å². The van der Waals surface area contributed by atoms with Crippen LogP contribution in [0.25, 0.3) is 0 Å². The molecular weight excluding hydrogens is 276 g/mol. The second-order valence-electron chi connectivity index (χ2n) is 9.10. The van der Waals surface area contributed by atoms with Gasteiger partial charge in [0.05, 0.1) is 6.10 Å². The predicted molar refractivity (Wildman–Crippen MR) is 83.1 cm³/mol. The maximum absolute atomic E-state index is 13.1. The first-order chi connectivity index (χ1) is 10.3. The number of hydrogen-bond acceptors (Lipinski definition) is 3. The van der Waals surface area contributed by atoms with E-state index < -0.39 is 0 Å². The Balaban J connectivity index is 1.75. The molecule has 4 aliphatic carbocycles. The second kappa shape index (κ2) is 4.66. The Morgan fingerprint density at radius 3 is 2.73 bits per heavy atom. The molecule has 7 atom stereocenters. The summed E-state index contributed by atoms with van der Waals surface area (Å²) >= 11 is 0. The van der Waals surface area contributed by atoms with Crippen LogP contribution in [0.3, 0.4) is 0 Å². The number of rotatable bonds is 0. The number of fused-ring (bicyclic) bond motifs is 5. The van der Waals surface area contributed by atoms with Gasteiger partial charge in [-0.3, -0.25) is 9.59 Å². The minimum atomic E-state index is -0.388. The highest BCUT2D eigenvalue weighted by Gasteiger charge is 2.63. The van der Waals surface area contributed by atoms with Crippen molar-refractivity contribution in [2.24, 2.45) is 34.5 Å². The lowest BCUT2D eigenvalue weighted by atomic mass is 9.44. The summed E-state index contributed by atoms with van der Waals surface area (Å²) in [5, 5.41) is 10.9. The lowest BCUT2D eigenvalue weighted by Crippen LogP contribution is -2.60. The van der Waals surface area contributed by atoms with Gasteiger partial charge in [-0.1, -0.05) is 20.3 Å². The van der Waals surface area contributed by atoms with Gasteiger partial charge in [-0.15, -0.1) is 0 Å². The van der Waals surface area contributed by atoms with Gasteiger partial charge in [0, 0.05) is 25.2 Å². The van der Waals surface area contributed by atoms with E-state index in [1.807, 2.05) is 0 Å². The Labute approximate surface area is 132 Å². The van der Waals surface area contributed by atoms with Crippen molar-refractivity contribution in [2.75, 3.05) is 0 Å². The van der Waals surface area contributed by atoms with Crippen LogP contribution in [0.1, 0.15) is 65.2 Å². The molecular formula is C19H28O3. The van der Waals surface area contributed by atoms with Crippen LogP contribution in [0.2, 0.25) is 0 Å². The van der Waals surface area contributed by atoms with Crippen molar-refractivity contribution in [1.82, 2.24) is 0 Å². The topological polar surface area (TPSA) is 54.4 Å². The first-order valence-corrected chi connectivity index (χ1v) is 9.08. The smallest absolute Gasteiger partial charge is 0.137 e. The molecule has 0 spiro atoms. The van der Waals surface area contributed by atoms with Crippen molar-refractivity contribution in [3.63, 3.8) is 0 Å². The molecule has 0 aromatic rings. The summed E-state index contributed by atoms with van der Waals surface area (Å²) in [6, 6.07) is 0. The fourth-order valence-corrected chi connectivity index (χ4v) is 6.82. The highest BCUT2D eigenvalue weighted by atomic mass is 16.3. The molecule has 0 radical (unpaired) electrons. The lowest BCUT2D eigenvalue weighted by molar-refractivity contribution is -0.176. The van der Waals surface area contributed by atoms with E-state index >= 15 is 0 Å². The van der Waals surface area contributed by atoms with Crippen molar-refractivity contribution in [3.05, 3.63) is 0 Å². The van der Waals surface area contributed by atoms with Gasteiger partial charge >= 0.3 is 0 Å². The van der Waals surface area contributed by atoms with Gasteiger partial charge in [0.1, 0.15) is 11.6 Å². The molecule has 6 unspecified atom stereocenters.